The highest BCUT2D eigenvalue weighted by Crippen LogP contribution is 2.12. The normalized spacial score (nSPS) is 14.5. The fourth-order valence-electron chi connectivity index (χ4n) is 2.83. The Labute approximate surface area is 191 Å². The van der Waals surface area contributed by atoms with Crippen LogP contribution in [-0.4, -0.2) is 64.0 Å². The quantitative estimate of drug-likeness (QED) is 0.189. The Balaban J connectivity index is 3.14. The molecule has 1 aromatic rings. The number of hydrogen-bond donors (Lipinski definition) is 7. The first-order valence-corrected chi connectivity index (χ1v) is 10.3. The van der Waals surface area contributed by atoms with Crippen LogP contribution in [0.3, 0.4) is 0 Å². The summed E-state index contributed by atoms with van der Waals surface area (Å²) >= 11 is 0. The van der Waals surface area contributed by atoms with E-state index in [2.05, 4.69) is 16.0 Å². The summed E-state index contributed by atoms with van der Waals surface area (Å²) in [5.74, 6) is -4.87. The molecule has 0 spiro atoms. The number of phenolic OH excluding ortho intramolecular Hbond substituents is 1. The van der Waals surface area contributed by atoms with Gasteiger partial charge in [-0.25, -0.2) is 4.79 Å². The van der Waals surface area contributed by atoms with Gasteiger partial charge in [0.2, 0.25) is 23.6 Å². The zero-order valence-corrected chi connectivity index (χ0v) is 18.7. The molecular formula is C21H31N5O7. The summed E-state index contributed by atoms with van der Waals surface area (Å²) in [4.78, 5) is 60.3. The lowest BCUT2D eigenvalue weighted by atomic mass is 10.00. The maximum Gasteiger partial charge on any atom is 0.326 e. The van der Waals surface area contributed by atoms with Crippen molar-refractivity contribution in [2.75, 3.05) is 0 Å². The van der Waals surface area contributed by atoms with Crippen LogP contribution in [0.4, 0.5) is 0 Å². The number of carbonyl (C=O) groups excluding carboxylic acids is 4. The van der Waals surface area contributed by atoms with Gasteiger partial charge in [0.05, 0.1) is 12.5 Å². The molecule has 1 aromatic carbocycles. The third-order valence-corrected chi connectivity index (χ3v) is 4.69. The molecule has 0 aromatic heterocycles. The largest absolute Gasteiger partial charge is 0.508 e. The van der Waals surface area contributed by atoms with E-state index in [1.54, 1.807) is 13.8 Å². The highest BCUT2D eigenvalue weighted by Gasteiger charge is 2.31. The van der Waals surface area contributed by atoms with Gasteiger partial charge in [0.1, 0.15) is 23.9 Å². The molecule has 0 aliphatic heterocycles. The number of nitrogens with two attached hydrogens (primary N) is 2. The first kappa shape index (κ1) is 27.4. The van der Waals surface area contributed by atoms with Crippen molar-refractivity contribution in [2.24, 2.45) is 17.4 Å². The van der Waals surface area contributed by atoms with Crippen molar-refractivity contribution in [3.05, 3.63) is 29.8 Å². The predicted molar refractivity (Wildman–Crippen MR) is 118 cm³/mol. The van der Waals surface area contributed by atoms with E-state index >= 15 is 0 Å². The lowest BCUT2D eigenvalue weighted by molar-refractivity contribution is -0.143. The molecule has 0 saturated heterocycles. The highest BCUT2D eigenvalue weighted by atomic mass is 16.4. The molecule has 33 heavy (non-hydrogen) atoms. The predicted octanol–water partition coefficient (Wildman–Crippen LogP) is -1.65. The number of benzene rings is 1. The molecule has 0 bridgehead atoms. The van der Waals surface area contributed by atoms with Crippen LogP contribution in [-0.2, 0) is 30.4 Å². The first-order valence-electron chi connectivity index (χ1n) is 10.3. The third-order valence-electron chi connectivity index (χ3n) is 4.69. The van der Waals surface area contributed by atoms with E-state index in [9.17, 15) is 34.2 Å². The van der Waals surface area contributed by atoms with E-state index in [4.69, 9.17) is 11.5 Å². The zero-order chi connectivity index (χ0) is 25.3. The molecular weight excluding hydrogens is 434 g/mol. The first-order chi connectivity index (χ1) is 15.3. The van der Waals surface area contributed by atoms with Gasteiger partial charge in [-0.3, -0.25) is 19.2 Å². The third kappa shape index (κ3) is 9.15. The molecule has 0 aliphatic rings. The smallest absolute Gasteiger partial charge is 0.326 e. The van der Waals surface area contributed by atoms with Gasteiger partial charge in [-0.05, 0) is 30.5 Å². The molecule has 12 heteroatoms. The lowest BCUT2D eigenvalue weighted by Crippen LogP contribution is -2.58. The number of aromatic hydroxyl groups is 1. The minimum absolute atomic E-state index is 0.00493. The Morgan fingerprint density at radius 3 is 1.88 bits per heavy atom. The number of phenols is 1. The average molecular weight is 466 g/mol. The molecule has 0 saturated carbocycles. The van der Waals surface area contributed by atoms with Gasteiger partial charge >= 0.3 is 5.97 Å². The van der Waals surface area contributed by atoms with Gasteiger partial charge < -0.3 is 37.6 Å². The van der Waals surface area contributed by atoms with Crippen molar-refractivity contribution < 1.29 is 34.2 Å². The second kappa shape index (κ2) is 12.4. The van der Waals surface area contributed by atoms with Crippen LogP contribution in [0, 0.1) is 5.92 Å². The highest BCUT2D eigenvalue weighted by molar-refractivity contribution is 5.95. The van der Waals surface area contributed by atoms with Gasteiger partial charge in [-0.1, -0.05) is 26.0 Å². The molecule has 4 unspecified atom stereocenters. The van der Waals surface area contributed by atoms with Gasteiger partial charge in [0.25, 0.3) is 0 Å². The van der Waals surface area contributed by atoms with Crippen molar-refractivity contribution in [3.63, 3.8) is 0 Å². The van der Waals surface area contributed by atoms with Crippen LogP contribution >= 0.6 is 0 Å². The Hall–Kier alpha value is -3.67. The van der Waals surface area contributed by atoms with Crippen LogP contribution < -0.4 is 27.4 Å². The number of primary amides is 1. The van der Waals surface area contributed by atoms with Gasteiger partial charge in [0, 0.05) is 6.42 Å². The standard InChI is InChI=1S/C21H31N5O7/c1-10(2)17(26-18(29)11(3)22)20(31)24-14(8-12-4-6-13(27)7-5-12)19(30)25-15(21(32)33)9-16(23)28/h4-7,10-11,14-15,17,27H,8-9,22H2,1-3H3,(H2,23,28)(H,24,31)(H,25,30)(H,26,29)(H,32,33). The summed E-state index contributed by atoms with van der Waals surface area (Å²) in [5.41, 5.74) is 11.1. The second-order valence-electron chi connectivity index (χ2n) is 8.02. The second-order valence-corrected chi connectivity index (χ2v) is 8.02. The molecule has 0 radical (unpaired) electrons. The fourth-order valence-corrected chi connectivity index (χ4v) is 2.83. The number of carbonyl (C=O) groups is 5. The number of aliphatic carboxylic acids is 1. The van der Waals surface area contributed by atoms with Crippen LogP contribution in [0.5, 0.6) is 5.75 Å². The molecule has 1 rings (SSSR count). The van der Waals surface area contributed by atoms with Crippen molar-refractivity contribution in [1.82, 2.24) is 16.0 Å². The topological polar surface area (TPSA) is 214 Å². The molecule has 0 heterocycles. The Morgan fingerprint density at radius 1 is 0.879 bits per heavy atom. The minimum atomic E-state index is -1.59. The SMILES string of the molecule is CC(N)C(=O)NC(C(=O)NC(Cc1ccc(O)cc1)C(=O)NC(CC(N)=O)C(=O)O)C(C)C. The molecule has 0 aliphatic carbocycles. The summed E-state index contributed by atoms with van der Waals surface area (Å²) in [6, 6.07) is 1.10. The monoisotopic (exact) mass is 465 g/mol. The van der Waals surface area contributed by atoms with Crippen molar-refractivity contribution in [2.45, 2.75) is 57.8 Å². The minimum Gasteiger partial charge on any atom is -0.508 e. The summed E-state index contributed by atoms with van der Waals surface area (Å²) in [7, 11) is 0. The molecule has 4 atom stereocenters. The summed E-state index contributed by atoms with van der Waals surface area (Å²) in [5, 5.41) is 26.0. The van der Waals surface area contributed by atoms with Crippen molar-refractivity contribution in [3.8, 4) is 5.75 Å². The Kier molecular flexibility index (Phi) is 10.3. The number of carboxylic acid groups (broad SMARTS) is 1. The van der Waals surface area contributed by atoms with E-state index < -0.39 is 60.2 Å². The summed E-state index contributed by atoms with van der Waals surface area (Å²) in [6.07, 6.45) is -0.702. The van der Waals surface area contributed by atoms with E-state index in [1.165, 1.54) is 31.2 Å². The lowest BCUT2D eigenvalue weighted by Gasteiger charge is -2.26. The number of amides is 4. The van der Waals surface area contributed by atoms with Crippen molar-refractivity contribution in [1.29, 1.82) is 0 Å². The van der Waals surface area contributed by atoms with Crippen LogP contribution in [0.2, 0.25) is 0 Å². The van der Waals surface area contributed by atoms with Crippen LogP contribution in [0.25, 0.3) is 0 Å². The Bertz CT molecular complexity index is 870. The maximum absolute atomic E-state index is 12.9. The molecule has 182 valence electrons. The number of hydrogen-bond acceptors (Lipinski definition) is 7. The fraction of sp³-hybridized carbons (Fsp3) is 0.476. The Morgan fingerprint density at radius 2 is 1.42 bits per heavy atom. The molecule has 12 nitrogen and oxygen atoms in total. The molecule has 0 fully saturated rings. The zero-order valence-electron chi connectivity index (χ0n) is 18.7. The van der Waals surface area contributed by atoms with Crippen molar-refractivity contribution >= 4 is 29.6 Å². The van der Waals surface area contributed by atoms with Gasteiger partial charge in [-0.2, -0.15) is 0 Å². The summed E-state index contributed by atoms with van der Waals surface area (Å²) < 4.78 is 0. The number of carboxylic acids is 1. The van der Waals surface area contributed by atoms with E-state index in [0.29, 0.717) is 5.56 Å². The summed E-state index contributed by atoms with van der Waals surface area (Å²) in [6.45, 7) is 4.83. The van der Waals surface area contributed by atoms with E-state index in [1.807, 2.05) is 0 Å². The number of nitrogens with one attached hydrogen (secondary N) is 3. The molecule has 4 amide bonds. The van der Waals surface area contributed by atoms with Gasteiger partial charge in [-0.15, -0.1) is 0 Å². The van der Waals surface area contributed by atoms with E-state index in [0.717, 1.165) is 0 Å². The van der Waals surface area contributed by atoms with E-state index in [-0.39, 0.29) is 18.1 Å². The average Bonchev–Trinajstić information content (AvgIpc) is 2.71. The molecule has 9 N–H and O–H groups in total. The van der Waals surface area contributed by atoms with Gasteiger partial charge in [0.15, 0.2) is 0 Å². The maximum atomic E-state index is 12.9. The van der Waals surface area contributed by atoms with Crippen LogP contribution in [0.15, 0.2) is 24.3 Å². The number of rotatable bonds is 12. The van der Waals surface area contributed by atoms with Crippen LogP contribution in [0.1, 0.15) is 32.8 Å².